The van der Waals surface area contributed by atoms with E-state index in [-0.39, 0.29) is 11.7 Å². The van der Waals surface area contributed by atoms with Crippen LogP contribution in [0.15, 0.2) is 42.5 Å². The van der Waals surface area contributed by atoms with Gasteiger partial charge < -0.3 is 15.5 Å². The first kappa shape index (κ1) is 17.4. The topological polar surface area (TPSA) is 76.8 Å². The van der Waals surface area contributed by atoms with Crippen molar-refractivity contribution < 1.29 is 17.9 Å². The van der Waals surface area contributed by atoms with Crippen LogP contribution in [0.3, 0.4) is 0 Å². The molecule has 0 unspecified atom stereocenters. The van der Waals surface area contributed by atoms with Gasteiger partial charge in [0.15, 0.2) is 0 Å². The average molecular weight is 393 g/mol. The smallest absolute Gasteiger partial charge is 0.406 e. The lowest BCUT2D eigenvalue weighted by Gasteiger charge is -2.08. The summed E-state index contributed by atoms with van der Waals surface area (Å²) in [6.07, 6.45) is -4.78. The summed E-state index contributed by atoms with van der Waals surface area (Å²) in [5.41, 5.74) is 9.63. The van der Waals surface area contributed by atoms with Crippen LogP contribution in [-0.2, 0) is 5.88 Å². The zero-order valence-electron chi connectivity index (χ0n) is 13.6. The molecule has 0 saturated carbocycles. The van der Waals surface area contributed by atoms with Gasteiger partial charge in [-0.1, -0.05) is 18.2 Å². The van der Waals surface area contributed by atoms with Crippen LogP contribution in [0, 0.1) is 0 Å². The number of nitrogens with one attached hydrogen (secondary N) is 1. The Labute approximate surface area is 155 Å². The van der Waals surface area contributed by atoms with E-state index in [0.717, 1.165) is 11.1 Å². The van der Waals surface area contributed by atoms with Gasteiger partial charge in [-0.2, -0.15) is 0 Å². The van der Waals surface area contributed by atoms with E-state index >= 15 is 0 Å². The number of nitrogens with two attached hydrogens (primary N) is 1. The van der Waals surface area contributed by atoms with E-state index in [2.05, 4.69) is 19.7 Å². The van der Waals surface area contributed by atoms with Crippen molar-refractivity contribution in [3.8, 4) is 17.0 Å². The number of nitrogen functional groups attached to an aromatic ring is 1. The molecular weight excluding hydrogens is 381 g/mol. The summed E-state index contributed by atoms with van der Waals surface area (Å²) in [6.45, 7) is 0. The van der Waals surface area contributed by atoms with Crippen molar-refractivity contribution in [3.63, 3.8) is 0 Å². The molecule has 0 saturated heterocycles. The number of rotatable bonds is 3. The van der Waals surface area contributed by atoms with Crippen molar-refractivity contribution in [2.45, 2.75) is 12.2 Å². The van der Waals surface area contributed by atoms with E-state index in [1.54, 1.807) is 0 Å². The molecule has 27 heavy (non-hydrogen) atoms. The number of nitrogens with zero attached hydrogens (tertiary/aromatic N) is 2. The molecule has 0 fully saturated rings. The van der Waals surface area contributed by atoms with E-state index in [9.17, 15) is 13.2 Å². The second kappa shape index (κ2) is 6.31. The highest BCUT2D eigenvalue weighted by Gasteiger charge is 2.31. The first-order valence-corrected chi connectivity index (χ1v) is 8.37. The highest BCUT2D eigenvalue weighted by atomic mass is 35.5. The SMILES string of the molecule is Nc1nc(-c2cccc(CCl)c2)c2[nH]c3ccc(OC(F)(F)F)cc3c2n1. The number of halogens is 4. The van der Waals surface area contributed by atoms with Crippen molar-refractivity contribution in [2.24, 2.45) is 0 Å². The highest BCUT2D eigenvalue weighted by Crippen LogP contribution is 2.34. The molecule has 138 valence electrons. The van der Waals surface area contributed by atoms with E-state index in [0.29, 0.717) is 33.5 Å². The van der Waals surface area contributed by atoms with Crippen LogP contribution in [0.2, 0.25) is 0 Å². The zero-order valence-corrected chi connectivity index (χ0v) is 14.4. The standard InChI is InChI=1S/C18H12ClF3N4O/c19-8-9-2-1-3-10(6-9)14-16-15(26-17(23)25-14)12-7-11(27-18(20,21)22)4-5-13(12)24-16/h1-7,24H,8H2,(H2,23,25,26). The molecule has 0 aliphatic carbocycles. The first-order valence-electron chi connectivity index (χ1n) is 7.84. The largest absolute Gasteiger partial charge is 0.573 e. The number of alkyl halides is 4. The third-order valence-corrected chi connectivity index (χ3v) is 4.33. The molecule has 0 radical (unpaired) electrons. The number of aromatic amines is 1. The number of hydrogen-bond donors (Lipinski definition) is 2. The van der Waals surface area contributed by atoms with Crippen LogP contribution in [0.1, 0.15) is 5.56 Å². The summed E-state index contributed by atoms with van der Waals surface area (Å²) in [5, 5.41) is 0.454. The lowest BCUT2D eigenvalue weighted by Crippen LogP contribution is -2.16. The Bertz CT molecular complexity index is 1160. The first-order chi connectivity index (χ1) is 12.8. The molecule has 2 aromatic heterocycles. The summed E-state index contributed by atoms with van der Waals surface area (Å²) < 4.78 is 41.5. The Morgan fingerprint density at radius 2 is 1.93 bits per heavy atom. The third kappa shape index (κ3) is 3.35. The quantitative estimate of drug-likeness (QED) is 0.481. The summed E-state index contributed by atoms with van der Waals surface area (Å²) in [5.74, 6) is 0.0122. The van der Waals surface area contributed by atoms with Gasteiger partial charge in [-0.05, 0) is 29.8 Å². The molecule has 9 heteroatoms. The maximum Gasteiger partial charge on any atom is 0.573 e. The Kier molecular flexibility index (Phi) is 4.07. The predicted molar refractivity (Wildman–Crippen MR) is 97.5 cm³/mol. The van der Waals surface area contributed by atoms with Crippen LogP contribution < -0.4 is 10.5 Å². The van der Waals surface area contributed by atoms with Crippen LogP contribution in [0.25, 0.3) is 33.2 Å². The van der Waals surface area contributed by atoms with Gasteiger partial charge in [-0.25, -0.2) is 9.97 Å². The van der Waals surface area contributed by atoms with E-state index < -0.39 is 6.36 Å². The molecule has 5 nitrogen and oxygen atoms in total. The zero-order chi connectivity index (χ0) is 19.2. The molecule has 0 aliphatic rings. The molecule has 2 heterocycles. The Morgan fingerprint density at radius 3 is 2.67 bits per heavy atom. The van der Waals surface area contributed by atoms with Crippen LogP contribution >= 0.6 is 11.6 Å². The van der Waals surface area contributed by atoms with E-state index in [4.69, 9.17) is 17.3 Å². The fourth-order valence-corrected chi connectivity index (χ4v) is 3.13. The van der Waals surface area contributed by atoms with Gasteiger partial charge in [0.25, 0.3) is 0 Å². The minimum Gasteiger partial charge on any atom is -0.406 e. The summed E-state index contributed by atoms with van der Waals surface area (Å²) in [7, 11) is 0. The minimum absolute atomic E-state index is 0.0109. The van der Waals surface area contributed by atoms with Crippen LogP contribution in [0.5, 0.6) is 5.75 Å². The van der Waals surface area contributed by atoms with Gasteiger partial charge in [0.2, 0.25) is 5.95 Å². The molecule has 0 atom stereocenters. The van der Waals surface area contributed by atoms with Crippen molar-refractivity contribution in [1.29, 1.82) is 0 Å². The number of anilines is 1. The second-order valence-electron chi connectivity index (χ2n) is 5.87. The molecule has 0 aliphatic heterocycles. The van der Waals surface area contributed by atoms with Gasteiger partial charge in [0.1, 0.15) is 11.3 Å². The van der Waals surface area contributed by atoms with Crippen molar-refractivity contribution in [2.75, 3.05) is 5.73 Å². The number of H-pyrrole nitrogens is 1. The van der Waals surface area contributed by atoms with Crippen LogP contribution in [0.4, 0.5) is 19.1 Å². The van der Waals surface area contributed by atoms with Crippen molar-refractivity contribution >= 4 is 39.5 Å². The summed E-state index contributed by atoms with van der Waals surface area (Å²) >= 11 is 5.90. The van der Waals surface area contributed by atoms with Gasteiger partial charge in [0.05, 0.1) is 11.2 Å². The van der Waals surface area contributed by atoms with Crippen LogP contribution in [-0.4, -0.2) is 21.3 Å². The Balaban J connectivity index is 1.95. The minimum atomic E-state index is -4.78. The number of aromatic nitrogens is 3. The molecule has 4 aromatic rings. The van der Waals surface area contributed by atoms with E-state index in [1.807, 2.05) is 24.3 Å². The fourth-order valence-electron chi connectivity index (χ4n) is 2.96. The van der Waals surface area contributed by atoms with Gasteiger partial charge in [0, 0.05) is 22.3 Å². The molecule has 2 aromatic carbocycles. The second-order valence-corrected chi connectivity index (χ2v) is 6.14. The normalized spacial score (nSPS) is 12.0. The monoisotopic (exact) mass is 392 g/mol. The Morgan fingerprint density at radius 1 is 1.11 bits per heavy atom. The number of benzene rings is 2. The summed E-state index contributed by atoms with van der Waals surface area (Å²) in [4.78, 5) is 11.7. The predicted octanol–water partition coefficient (Wildman–Crippen LogP) is 5.00. The molecule has 0 spiro atoms. The summed E-state index contributed by atoms with van der Waals surface area (Å²) in [6, 6.07) is 11.4. The van der Waals surface area contributed by atoms with E-state index in [1.165, 1.54) is 18.2 Å². The van der Waals surface area contributed by atoms with Gasteiger partial charge in [-0.3, -0.25) is 0 Å². The highest BCUT2D eigenvalue weighted by molar-refractivity contribution is 6.17. The molecule has 4 rings (SSSR count). The molecule has 3 N–H and O–H groups in total. The van der Waals surface area contributed by atoms with Gasteiger partial charge >= 0.3 is 6.36 Å². The molecular formula is C18H12ClF3N4O. The van der Waals surface area contributed by atoms with Crippen molar-refractivity contribution in [3.05, 3.63) is 48.0 Å². The average Bonchev–Trinajstić information content (AvgIpc) is 2.97. The lowest BCUT2D eigenvalue weighted by molar-refractivity contribution is -0.274. The third-order valence-electron chi connectivity index (χ3n) is 4.02. The lowest BCUT2D eigenvalue weighted by atomic mass is 10.1. The fraction of sp³-hybridized carbons (Fsp3) is 0.111. The molecule has 0 bridgehead atoms. The van der Waals surface area contributed by atoms with Gasteiger partial charge in [-0.15, -0.1) is 24.8 Å². The maximum atomic E-state index is 12.5. The Hall–Kier alpha value is -3.00. The number of hydrogen-bond acceptors (Lipinski definition) is 4. The number of ether oxygens (including phenoxy) is 1. The molecule has 0 amide bonds. The van der Waals surface area contributed by atoms with Crippen molar-refractivity contribution in [1.82, 2.24) is 15.0 Å². The maximum absolute atomic E-state index is 12.5. The number of fused-ring (bicyclic) bond motifs is 3.